The molecular formula is C24H20ClNO3. The Morgan fingerprint density at radius 2 is 2.03 bits per heavy atom. The van der Waals surface area contributed by atoms with Crippen molar-refractivity contribution in [3.63, 3.8) is 0 Å². The maximum absolute atomic E-state index is 12.4. The van der Waals surface area contributed by atoms with Crippen molar-refractivity contribution >= 4 is 34.0 Å². The molecule has 5 heteroatoms. The third kappa shape index (κ3) is 3.62. The average Bonchev–Trinajstić information content (AvgIpc) is 2.72. The number of benzene rings is 3. The van der Waals surface area contributed by atoms with Gasteiger partial charge in [-0.05, 0) is 47.0 Å². The van der Waals surface area contributed by atoms with Crippen molar-refractivity contribution in [3.05, 3.63) is 64.7 Å². The van der Waals surface area contributed by atoms with Gasteiger partial charge in [0.15, 0.2) is 11.5 Å². The van der Waals surface area contributed by atoms with Crippen LogP contribution in [0.2, 0.25) is 5.02 Å². The highest BCUT2D eigenvalue weighted by Gasteiger charge is 2.29. The predicted octanol–water partition coefficient (Wildman–Crippen LogP) is 5.38. The van der Waals surface area contributed by atoms with Gasteiger partial charge in [-0.15, -0.1) is 6.42 Å². The Morgan fingerprint density at radius 1 is 1.21 bits per heavy atom. The summed E-state index contributed by atoms with van der Waals surface area (Å²) in [5.74, 6) is 3.21. The fraction of sp³-hybridized carbons (Fsp3) is 0.208. The maximum Gasteiger partial charge on any atom is 0.225 e. The monoisotopic (exact) mass is 405 g/mol. The van der Waals surface area contributed by atoms with Crippen molar-refractivity contribution in [3.8, 4) is 23.8 Å². The van der Waals surface area contributed by atoms with Crippen LogP contribution in [-0.4, -0.2) is 19.1 Å². The highest BCUT2D eigenvalue weighted by atomic mass is 35.5. The standard InChI is InChI=1S/C24H20ClNO3/c1-3-11-29-24-19(25)12-16(13-21(24)28-4-2)18-14-22(27)26-20-10-9-15-7-5-6-8-17(15)23(18)20/h1,5-10,12-13,18H,4,11,14H2,2H3,(H,26,27). The largest absolute Gasteiger partial charge is 0.490 e. The number of hydrogen-bond acceptors (Lipinski definition) is 3. The van der Waals surface area contributed by atoms with E-state index in [2.05, 4.69) is 23.4 Å². The van der Waals surface area contributed by atoms with Crippen LogP contribution in [0.4, 0.5) is 5.69 Å². The van der Waals surface area contributed by atoms with Gasteiger partial charge in [-0.3, -0.25) is 4.79 Å². The summed E-state index contributed by atoms with van der Waals surface area (Å²) in [7, 11) is 0. The van der Waals surface area contributed by atoms with Crippen molar-refractivity contribution in [2.45, 2.75) is 19.3 Å². The molecule has 29 heavy (non-hydrogen) atoms. The Bertz CT molecular complexity index is 1130. The van der Waals surface area contributed by atoms with E-state index in [1.165, 1.54) is 0 Å². The molecule has 0 saturated heterocycles. The van der Waals surface area contributed by atoms with Crippen molar-refractivity contribution in [2.75, 3.05) is 18.5 Å². The minimum absolute atomic E-state index is 0.0282. The van der Waals surface area contributed by atoms with E-state index < -0.39 is 0 Å². The molecule has 4 nitrogen and oxygen atoms in total. The highest BCUT2D eigenvalue weighted by molar-refractivity contribution is 6.32. The molecule has 1 amide bonds. The minimum atomic E-state index is -0.150. The van der Waals surface area contributed by atoms with E-state index in [9.17, 15) is 4.79 Å². The van der Waals surface area contributed by atoms with Crippen LogP contribution < -0.4 is 14.8 Å². The molecule has 1 unspecified atom stereocenters. The second kappa shape index (κ2) is 8.06. The van der Waals surface area contributed by atoms with Gasteiger partial charge in [0, 0.05) is 18.0 Å². The summed E-state index contributed by atoms with van der Waals surface area (Å²) in [6.07, 6.45) is 5.64. The number of hydrogen-bond donors (Lipinski definition) is 1. The Hall–Kier alpha value is -3.16. The number of nitrogens with one attached hydrogen (secondary N) is 1. The lowest BCUT2D eigenvalue weighted by Crippen LogP contribution is -2.23. The Kier molecular flexibility index (Phi) is 5.33. The first-order valence-corrected chi connectivity index (χ1v) is 9.84. The van der Waals surface area contributed by atoms with Crippen molar-refractivity contribution in [1.82, 2.24) is 0 Å². The summed E-state index contributed by atoms with van der Waals surface area (Å²) in [5, 5.41) is 5.64. The van der Waals surface area contributed by atoms with Crippen molar-refractivity contribution in [2.24, 2.45) is 0 Å². The first-order chi connectivity index (χ1) is 14.1. The number of anilines is 1. The number of rotatable bonds is 5. The molecule has 1 heterocycles. The predicted molar refractivity (Wildman–Crippen MR) is 116 cm³/mol. The molecule has 4 rings (SSSR count). The Balaban J connectivity index is 1.88. The SMILES string of the molecule is C#CCOc1c(Cl)cc(C2CC(=O)Nc3ccc4ccccc4c32)cc1OCC. The van der Waals surface area contributed by atoms with E-state index in [4.69, 9.17) is 27.5 Å². The van der Waals surface area contributed by atoms with Gasteiger partial charge in [0.2, 0.25) is 5.91 Å². The van der Waals surface area contributed by atoms with E-state index in [1.807, 2.05) is 43.3 Å². The fourth-order valence-corrected chi connectivity index (χ4v) is 4.13. The highest BCUT2D eigenvalue weighted by Crippen LogP contribution is 2.45. The van der Waals surface area contributed by atoms with Crippen LogP contribution in [0.25, 0.3) is 10.8 Å². The van der Waals surface area contributed by atoms with Crippen LogP contribution >= 0.6 is 11.6 Å². The molecular weight excluding hydrogens is 386 g/mol. The zero-order valence-electron chi connectivity index (χ0n) is 16.0. The van der Waals surface area contributed by atoms with Gasteiger partial charge in [-0.1, -0.05) is 47.9 Å². The zero-order chi connectivity index (χ0) is 20.4. The van der Waals surface area contributed by atoms with Gasteiger partial charge in [-0.2, -0.15) is 0 Å². The van der Waals surface area contributed by atoms with E-state index >= 15 is 0 Å². The quantitative estimate of drug-likeness (QED) is 0.580. The summed E-state index contributed by atoms with van der Waals surface area (Å²) >= 11 is 6.53. The molecule has 3 aromatic carbocycles. The smallest absolute Gasteiger partial charge is 0.225 e. The number of fused-ring (bicyclic) bond motifs is 3. The molecule has 1 atom stereocenters. The fourth-order valence-electron chi connectivity index (χ4n) is 3.86. The van der Waals surface area contributed by atoms with Gasteiger partial charge >= 0.3 is 0 Å². The molecule has 3 aromatic rings. The number of carbonyl (C=O) groups excluding carboxylic acids is 1. The molecule has 0 aromatic heterocycles. The van der Waals surface area contributed by atoms with Gasteiger partial charge < -0.3 is 14.8 Å². The summed E-state index contributed by atoms with van der Waals surface area (Å²) in [6.45, 7) is 2.44. The Morgan fingerprint density at radius 3 is 2.83 bits per heavy atom. The molecule has 1 N–H and O–H groups in total. The lowest BCUT2D eigenvalue weighted by Gasteiger charge is -2.28. The summed E-state index contributed by atoms with van der Waals surface area (Å²) < 4.78 is 11.4. The van der Waals surface area contributed by atoms with Crippen LogP contribution in [-0.2, 0) is 4.79 Å². The lowest BCUT2D eigenvalue weighted by atomic mass is 9.82. The lowest BCUT2D eigenvalue weighted by molar-refractivity contribution is -0.116. The van der Waals surface area contributed by atoms with Crippen LogP contribution in [0.5, 0.6) is 11.5 Å². The third-order valence-corrected chi connectivity index (χ3v) is 5.30. The van der Waals surface area contributed by atoms with E-state index in [0.29, 0.717) is 29.5 Å². The molecule has 0 radical (unpaired) electrons. The minimum Gasteiger partial charge on any atom is -0.490 e. The summed E-state index contributed by atoms with van der Waals surface area (Å²) in [4.78, 5) is 12.4. The van der Waals surface area contributed by atoms with Crippen LogP contribution in [0.3, 0.4) is 0 Å². The molecule has 1 aliphatic rings. The third-order valence-electron chi connectivity index (χ3n) is 5.02. The zero-order valence-corrected chi connectivity index (χ0v) is 16.8. The number of amides is 1. The first kappa shape index (κ1) is 19.2. The van der Waals surface area contributed by atoms with Gasteiger partial charge in [0.1, 0.15) is 6.61 Å². The topological polar surface area (TPSA) is 47.6 Å². The van der Waals surface area contributed by atoms with E-state index in [1.54, 1.807) is 0 Å². The average molecular weight is 406 g/mol. The van der Waals surface area contributed by atoms with E-state index in [0.717, 1.165) is 27.6 Å². The normalized spacial score (nSPS) is 15.3. The van der Waals surface area contributed by atoms with Crippen molar-refractivity contribution in [1.29, 1.82) is 0 Å². The molecule has 146 valence electrons. The van der Waals surface area contributed by atoms with Crippen molar-refractivity contribution < 1.29 is 14.3 Å². The second-order valence-electron chi connectivity index (χ2n) is 6.81. The molecule has 0 bridgehead atoms. The first-order valence-electron chi connectivity index (χ1n) is 9.46. The number of terminal acetylenes is 1. The van der Waals surface area contributed by atoms with Gasteiger partial charge in [0.05, 0.1) is 11.6 Å². The van der Waals surface area contributed by atoms with Gasteiger partial charge in [0.25, 0.3) is 0 Å². The molecule has 0 saturated carbocycles. The van der Waals surface area contributed by atoms with E-state index in [-0.39, 0.29) is 18.4 Å². The number of halogens is 1. The van der Waals surface area contributed by atoms with Crippen LogP contribution in [0.15, 0.2) is 48.5 Å². The van der Waals surface area contributed by atoms with Crippen LogP contribution in [0, 0.1) is 12.3 Å². The summed E-state index contributed by atoms with van der Waals surface area (Å²) in [6, 6.07) is 15.9. The number of ether oxygens (including phenoxy) is 2. The molecule has 0 fully saturated rings. The summed E-state index contributed by atoms with van der Waals surface area (Å²) in [5.41, 5.74) is 2.81. The molecule has 0 spiro atoms. The van der Waals surface area contributed by atoms with Gasteiger partial charge in [-0.25, -0.2) is 0 Å². The molecule has 1 aliphatic heterocycles. The van der Waals surface area contributed by atoms with Crippen LogP contribution in [0.1, 0.15) is 30.4 Å². The Labute approximate surface area is 174 Å². The maximum atomic E-state index is 12.4. The second-order valence-corrected chi connectivity index (χ2v) is 7.22. The molecule has 0 aliphatic carbocycles. The number of carbonyl (C=O) groups is 1.